The van der Waals surface area contributed by atoms with E-state index in [1.165, 1.54) is 0 Å². The molecule has 1 heterocycles. The Morgan fingerprint density at radius 1 is 1.46 bits per heavy atom. The van der Waals surface area contributed by atoms with Crippen LogP contribution in [-0.4, -0.2) is 15.1 Å². The van der Waals surface area contributed by atoms with Crippen molar-refractivity contribution in [3.8, 4) is 5.88 Å². The molecule has 7 heteroatoms. The van der Waals surface area contributed by atoms with E-state index in [0.29, 0.717) is 0 Å². The summed E-state index contributed by atoms with van der Waals surface area (Å²) in [5, 5.41) is 9.08. The lowest BCUT2D eigenvalue weighted by molar-refractivity contribution is -0.141. The molecule has 3 N–H and O–H groups in total. The number of hydrogen-bond donors (Lipinski definition) is 2. The molecule has 0 atom stereocenters. The van der Waals surface area contributed by atoms with E-state index in [4.69, 9.17) is 15.0 Å². The monoisotopic (exact) mass is 196 g/mol. The van der Waals surface area contributed by atoms with Crippen LogP contribution in [0.2, 0.25) is 0 Å². The molecule has 0 radical (unpaired) electrons. The molecule has 0 aliphatic carbocycles. The smallest absolute Gasteiger partial charge is 0.433 e. The van der Waals surface area contributed by atoms with E-state index < -0.39 is 36.1 Å². The molecule has 0 amide bonds. The molecule has 1 aromatic rings. The standard InChI is InChI=1S/C6H6F3N3O/c1-2-3(6(7,8)9)11-5(10)12-4(2)13/h1H3,(H3,10,11,12,13)/i1D3. The summed E-state index contributed by atoms with van der Waals surface area (Å²) in [5.74, 6) is -2.14. The Morgan fingerprint density at radius 2 is 2.08 bits per heavy atom. The summed E-state index contributed by atoms with van der Waals surface area (Å²) < 4.78 is 57.9. The van der Waals surface area contributed by atoms with Gasteiger partial charge < -0.3 is 10.8 Å². The average Bonchev–Trinajstić information content (AvgIpc) is 1.97. The van der Waals surface area contributed by atoms with E-state index in [0.717, 1.165) is 0 Å². The summed E-state index contributed by atoms with van der Waals surface area (Å²) in [4.78, 5) is 5.77. The van der Waals surface area contributed by atoms with Crippen molar-refractivity contribution in [2.45, 2.75) is 13.0 Å². The molecule has 13 heavy (non-hydrogen) atoms. The zero-order chi connectivity index (χ0) is 12.7. The predicted molar refractivity (Wildman–Crippen MR) is 37.8 cm³/mol. The highest BCUT2D eigenvalue weighted by atomic mass is 19.4. The van der Waals surface area contributed by atoms with Gasteiger partial charge in [-0.1, -0.05) is 0 Å². The summed E-state index contributed by atoms with van der Waals surface area (Å²) in [6.07, 6.45) is -5.03. The Labute approximate surface area is 75.4 Å². The summed E-state index contributed by atoms with van der Waals surface area (Å²) >= 11 is 0. The molecule has 0 saturated carbocycles. The van der Waals surface area contributed by atoms with E-state index in [9.17, 15) is 13.2 Å². The number of rotatable bonds is 0. The van der Waals surface area contributed by atoms with Crippen LogP contribution in [0, 0.1) is 6.85 Å². The first-order chi connectivity index (χ1) is 7.03. The van der Waals surface area contributed by atoms with Gasteiger partial charge in [-0.2, -0.15) is 18.2 Å². The van der Waals surface area contributed by atoms with Crippen molar-refractivity contribution < 1.29 is 22.4 Å². The quantitative estimate of drug-likeness (QED) is 0.651. The van der Waals surface area contributed by atoms with Crippen LogP contribution in [-0.2, 0) is 6.18 Å². The van der Waals surface area contributed by atoms with Crippen LogP contribution < -0.4 is 5.73 Å². The van der Waals surface area contributed by atoms with E-state index in [1.807, 2.05) is 0 Å². The average molecular weight is 196 g/mol. The second-order valence-corrected chi connectivity index (χ2v) is 2.13. The second kappa shape index (κ2) is 2.75. The van der Waals surface area contributed by atoms with Gasteiger partial charge in [0.1, 0.15) is 0 Å². The Balaban J connectivity index is 3.58. The summed E-state index contributed by atoms with van der Waals surface area (Å²) in [6, 6.07) is 0. The Bertz CT molecular complexity index is 418. The number of aromatic nitrogens is 2. The number of halogens is 3. The number of alkyl halides is 3. The Hall–Kier alpha value is -1.53. The van der Waals surface area contributed by atoms with E-state index in [2.05, 4.69) is 9.97 Å². The minimum absolute atomic E-state index is 0.849. The van der Waals surface area contributed by atoms with Crippen LogP contribution in [0.15, 0.2) is 0 Å². The first kappa shape index (κ1) is 6.01. The molecule has 0 bridgehead atoms. The molecule has 72 valence electrons. The number of anilines is 1. The van der Waals surface area contributed by atoms with Gasteiger partial charge in [0, 0.05) is 9.68 Å². The van der Waals surface area contributed by atoms with Crippen molar-refractivity contribution in [2.75, 3.05) is 5.73 Å². The predicted octanol–water partition coefficient (Wildman–Crippen LogP) is 1.09. The summed E-state index contributed by atoms with van der Waals surface area (Å²) in [5.41, 5.74) is 1.80. The number of nitrogens with zero attached hydrogens (tertiary/aromatic N) is 2. The number of hydrogen-bond acceptors (Lipinski definition) is 4. The minimum Gasteiger partial charge on any atom is -0.493 e. The molecule has 0 saturated heterocycles. The number of aromatic hydroxyl groups is 1. The van der Waals surface area contributed by atoms with Crippen LogP contribution in [0.1, 0.15) is 15.4 Å². The molecule has 1 rings (SSSR count). The molecule has 0 fully saturated rings. The molecule has 0 spiro atoms. The van der Waals surface area contributed by atoms with Crippen LogP contribution in [0.3, 0.4) is 0 Å². The highest BCUT2D eigenvalue weighted by Gasteiger charge is 2.36. The van der Waals surface area contributed by atoms with Gasteiger partial charge in [-0.3, -0.25) is 0 Å². The Morgan fingerprint density at radius 3 is 2.54 bits per heavy atom. The first-order valence-corrected chi connectivity index (χ1v) is 2.97. The van der Waals surface area contributed by atoms with Gasteiger partial charge in [-0.05, 0) is 6.85 Å². The van der Waals surface area contributed by atoms with Gasteiger partial charge in [0.2, 0.25) is 11.8 Å². The summed E-state index contributed by atoms with van der Waals surface area (Å²) in [7, 11) is 0. The molecule has 0 aliphatic rings. The van der Waals surface area contributed by atoms with Crippen LogP contribution in [0.5, 0.6) is 5.88 Å². The van der Waals surface area contributed by atoms with Gasteiger partial charge in [-0.25, -0.2) is 4.98 Å². The summed E-state index contributed by atoms with van der Waals surface area (Å²) in [6.45, 7) is -3.18. The lowest BCUT2D eigenvalue weighted by Gasteiger charge is -2.09. The van der Waals surface area contributed by atoms with Gasteiger partial charge in [-0.15, -0.1) is 0 Å². The fourth-order valence-electron chi connectivity index (χ4n) is 0.671. The fourth-order valence-corrected chi connectivity index (χ4v) is 0.671. The first-order valence-electron chi connectivity index (χ1n) is 4.47. The SMILES string of the molecule is [2H]C([2H])([2H])c1c(O)nc(N)nc1C(F)(F)F. The van der Waals surface area contributed by atoms with Gasteiger partial charge >= 0.3 is 6.18 Å². The molecular weight excluding hydrogens is 187 g/mol. The molecule has 0 aromatic carbocycles. The maximum Gasteiger partial charge on any atom is 0.433 e. The topological polar surface area (TPSA) is 72.0 Å². The zero-order valence-electron chi connectivity index (χ0n) is 9.05. The third-order valence-electron chi connectivity index (χ3n) is 1.18. The van der Waals surface area contributed by atoms with Crippen molar-refractivity contribution >= 4 is 5.95 Å². The van der Waals surface area contributed by atoms with Crippen molar-refractivity contribution in [1.82, 2.24) is 9.97 Å². The van der Waals surface area contributed by atoms with Gasteiger partial charge in [0.25, 0.3) is 0 Å². The van der Waals surface area contributed by atoms with E-state index in [1.54, 1.807) is 0 Å². The second-order valence-electron chi connectivity index (χ2n) is 2.13. The van der Waals surface area contributed by atoms with E-state index in [-0.39, 0.29) is 0 Å². The van der Waals surface area contributed by atoms with Gasteiger partial charge in [0.15, 0.2) is 5.69 Å². The molecule has 0 unspecified atom stereocenters. The minimum atomic E-state index is -5.03. The highest BCUT2D eigenvalue weighted by Crippen LogP contribution is 2.32. The largest absolute Gasteiger partial charge is 0.493 e. The van der Waals surface area contributed by atoms with E-state index >= 15 is 0 Å². The molecule has 4 nitrogen and oxygen atoms in total. The van der Waals surface area contributed by atoms with Crippen molar-refractivity contribution in [3.63, 3.8) is 0 Å². The third kappa shape index (κ3) is 1.79. The highest BCUT2D eigenvalue weighted by molar-refractivity contribution is 5.35. The normalized spacial score (nSPS) is 16.1. The number of nitrogen functional groups attached to an aromatic ring is 1. The molecular formula is C6H6F3N3O. The van der Waals surface area contributed by atoms with Crippen LogP contribution in [0.4, 0.5) is 19.1 Å². The number of nitrogens with two attached hydrogens (primary N) is 1. The molecule has 1 aromatic heterocycles. The third-order valence-corrected chi connectivity index (χ3v) is 1.18. The Kier molecular flexibility index (Phi) is 1.27. The lowest BCUT2D eigenvalue weighted by Crippen LogP contribution is -2.13. The fraction of sp³-hybridized carbons (Fsp3) is 0.333. The maximum absolute atomic E-state index is 12.4. The molecule has 0 aliphatic heterocycles. The van der Waals surface area contributed by atoms with Crippen molar-refractivity contribution in [1.29, 1.82) is 0 Å². The van der Waals surface area contributed by atoms with Crippen LogP contribution in [0.25, 0.3) is 0 Å². The lowest BCUT2D eigenvalue weighted by atomic mass is 10.2. The van der Waals surface area contributed by atoms with Gasteiger partial charge in [0.05, 0.1) is 0 Å². The maximum atomic E-state index is 12.4. The zero-order valence-corrected chi connectivity index (χ0v) is 6.05. The van der Waals surface area contributed by atoms with Crippen molar-refractivity contribution in [3.05, 3.63) is 11.3 Å². The van der Waals surface area contributed by atoms with Crippen LogP contribution >= 0.6 is 0 Å². The van der Waals surface area contributed by atoms with Crippen molar-refractivity contribution in [2.24, 2.45) is 0 Å².